The number of fused-ring (bicyclic) bond motifs is 1. The molecular weight excluding hydrogens is 250 g/mol. The van der Waals surface area contributed by atoms with Crippen molar-refractivity contribution in [2.75, 3.05) is 5.73 Å². The zero-order chi connectivity index (χ0) is 9.42. The molecule has 0 aliphatic rings. The van der Waals surface area contributed by atoms with E-state index < -0.39 is 0 Å². The van der Waals surface area contributed by atoms with Gasteiger partial charge in [-0.25, -0.2) is 0 Å². The van der Waals surface area contributed by atoms with Gasteiger partial charge in [0.05, 0.1) is 9.58 Å². The van der Waals surface area contributed by atoms with E-state index in [2.05, 4.69) is 15.9 Å². The zero-order valence-electron chi connectivity index (χ0n) is 6.75. The second kappa shape index (κ2) is 3.20. The van der Waals surface area contributed by atoms with Gasteiger partial charge in [0.2, 0.25) is 0 Å². The van der Waals surface area contributed by atoms with Gasteiger partial charge in [0, 0.05) is 16.4 Å². The van der Waals surface area contributed by atoms with E-state index in [-0.39, 0.29) is 0 Å². The van der Waals surface area contributed by atoms with Crippen LogP contribution in [0.4, 0.5) is 5.69 Å². The molecule has 13 heavy (non-hydrogen) atoms. The minimum atomic E-state index is 0.351. The highest BCUT2D eigenvalue weighted by molar-refractivity contribution is 9.08. The first-order chi connectivity index (χ1) is 6.24. The summed E-state index contributed by atoms with van der Waals surface area (Å²) >= 11 is 4.85. The fraction of sp³-hybridized carbons (Fsp3) is 0.111. The van der Waals surface area contributed by atoms with Gasteiger partial charge in [0.15, 0.2) is 0 Å². The minimum absolute atomic E-state index is 0.351. The van der Waals surface area contributed by atoms with E-state index in [4.69, 9.17) is 5.73 Å². The molecule has 1 aromatic carbocycles. The van der Waals surface area contributed by atoms with Crippen LogP contribution >= 0.6 is 27.3 Å². The third-order valence-electron chi connectivity index (χ3n) is 1.91. The van der Waals surface area contributed by atoms with Gasteiger partial charge in [-0.1, -0.05) is 22.0 Å². The van der Waals surface area contributed by atoms with Crippen molar-refractivity contribution in [3.05, 3.63) is 23.1 Å². The number of thiophene rings is 1. The summed E-state index contributed by atoms with van der Waals surface area (Å²) in [6, 6.07) is 5.57. The smallest absolute Gasteiger partial charge is 0.138 e. The lowest BCUT2D eigenvalue weighted by atomic mass is 10.2. The number of nitrogens with two attached hydrogens (primary N) is 1. The predicted molar refractivity (Wildman–Crippen MR) is 60.5 cm³/mol. The Bertz CT molecular complexity index is 452. The number of rotatable bonds is 1. The molecule has 0 bridgehead atoms. The lowest BCUT2D eigenvalue weighted by molar-refractivity contribution is 0.480. The van der Waals surface area contributed by atoms with E-state index in [9.17, 15) is 5.11 Å². The summed E-state index contributed by atoms with van der Waals surface area (Å²) in [6.07, 6.45) is 0. The van der Waals surface area contributed by atoms with Crippen LogP contribution in [0.1, 0.15) is 4.88 Å². The van der Waals surface area contributed by atoms with Gasteiger partial charge in [-0.2, -0.15) is 0 Å². The fourth-order valence-electron chi connectivity index (χ4n) is 1.27. The van der Waals surface area contributed by atoms with Gasteiger partial charge in [-0.05, 0) is 12.1 Å². The largest absolute Gasteiger partial charge is 0.506 e. The van der Waals surface area contributed by atoms with Crippen LogP contribution in [0.15, 0.2) is 18.2 Å². The summed E-state index contributed by atoms with van der Waals surface area (Å²) in [5.74, 6) is 0.351. The summed E-state index contributed by atoms with van der Waals surface area (Å²) in [5.41, 5.74) is 6.50. The standard InChI is InChI=1S/C9H8BrNOS/c10-4-7-8(12)5-2-1-3-6(11)9(5)13-7/h1-3,12H,4,11H2. The number of anilines is 1. The Labute approximate surface area is 88.1 Å². The molecule has 68 valence electrons. The Hall–Kier alpha value is -0.740. The molecule has 4 heteroatoms. The number of nitrogen functional groups attached to an aromatic ring is 1. The quantitative estimate of drug-likeness (QED) is 0.610. The fourth-order valence-corrected chi connectivity index (χ4v) is 2.84. The summed E-state index contributed by atoms with van der Waals surface area (Å²) < 4.78 is 0.967. The Balaban J connectivity index is 2.83. The SMILES string of the molecule is Nc1cccc2c(O)c(CBr)sc12. The van der Waals surface area contributed by atoms with E-state index in [1.54, 1.807) is 0 Å². The van der Waals surface area contributed by atoms with E-state index in [0.717, 1.165) is 20.7 Å². The van der Waals surface area contributed by atoms with Gasteiger partial charge >= 0.3 is 0 Å². The van der Waals surface area contributed by atoms with Crippen molar-refractivity contribution in [1.29, 1.82) is 0 Å². The van der Waals surface area contributed by atoms with Crippen molar-refractivity contribution >= 4 is 43.0 Å². The van der Waals surface area contributed by atoms with Gasteiger partial charge < -0.3 is 10.8 Å². The second-order valence-corrected chi connectivity index (χ2v) is 4.40. The average molecular weight is 258 g/mol. The van der Waals surface area contributed by atoms with Crippen LogP contribution in [0.3, 0.4) is 0 Å². The number of hydrogen-bond acceptors (Lipinski definition) is 3. The van der Waals surface area contributed by atoms with Crippen LogP contribution < -0.4 is 5.73 Å². The Morgan fingerprint density at radius 1 is 1.46 bits per heavy atom. The van der Waals surface area contributed by atoms with E-state index in [0.29, 0.717) is 11.1 Å². The average Bonchev–Trinajstić information content (AvgIpc) is 2.45. The first-order valence-corrected chi connectivity index (χ1v) is 5.72. The topological polar surface area (TPSA) is 46.2 Å². The number of halogens is 1. The minimum Gasteiger partial charge on any atom is -0.506 e. The summed E-state index contributed by atoms with van der Waals surface area (Å²) in [7, 11) is 0. The van der Waals surface area contributed by atoms with Crippen molar-refractivity contribution in [3.63, 3.8) is 0 Å². The zero-order valence-corrected chi connectivity index (χ0v) is 9.15. The lowest BCUT2D eigenvalue weighted by Crippen LogP contribution is -1.81. The normalized spacial score (nSPS) is 10.8. The molecule has 0 aliphatic carbocycles. The molecule has 0 atom stereocenters. The highest BCUT2D eigenvalue weighted by Gasteiger charge is 2.10. The van der Waals surface area contributed by atoms with Crippen LogP contribution in [0, 0.1) is 0 Å². The first-order valence-electron chi connectivity index (χ1n) is 3.79. The molecular formula is C9H8BrNOS. The molecule has 0 spiro atoms. The molecule has 1 heterocycles. The molecule has 0 saturated carbocycles. The number of aromatic hydroxyl groups is 1. The maximum absolute atomic E-state index is 9.74. The Kier molecular flexibility index (Phi) is 2.17. The van der Waals surface area contributed by atoms with Crippen LogP contribution in [0.5, 0.6) is 5.75 Å². The number of alkyl halides is 1. The van der Waals surface area contributed by atoms with Crippen LogP contribution in [-0.2, 0) is 5.33 Å². The molecule has 2 aromatic rings. The lowest BCUT2D eigenvalue weighted by Gasteiger charge is -1.93. The maximum Gasteiger partial charge on any atom is 0.138 e. The molecule has 0 saturated heterocycles. The van der Waals surface area contributed by atoms with Gasteiger partial charge in [-0.15, -0.1) is 11.3 Å². The van der Waals surface area contributed by atoms with Gasteiger partial charge in [0.25, 0.3) is 0 Å². The Morgan fingerprint density at radius 2 is 2.23 bits per heavy atom. The highest BCUT2D eigenvalue weighted by Crippen LogP contribution is 2.40. The third-order valence-corrected chi connectivity index (χ3v) is 4.09. The molecule has 2 nitrogen and oxygen atoms in total. The van der Waals surface area contributed by atoms with Crippen LogP contribution in [0.2, 0.25) is 0 Å². The third kappa shape index (κ3) is 1.30. The van der Waals surface area contributed by atoms with Gasteiger partial charge in [-0.3, -0.25) is 0 Å². The van der Waals surface area contributed by atoms with Crippen molar-refractivity contribution in [1.82, 2.24) is 0 Å². The van der Waals surface area contributed by atoms with E-state index >= 15 is 0 Å². The second-order valence-electron chi connectivity index (χ2n) is 2.73. The van der Waals surface area contributed by atoms with Crippen molar-refractivity contribution in [2.24, 2.45) is 0 Å². The summed E-state index contributed by atoms with van der Waals surface area (Å²) in [6.45, 7) is 0. The maximum atomic E-state index is 9.74. The van der Waals surface area contributed by atoms with Crippen molar-refractivity contribution < 1.29 is 5.11 Å². The van der Waals surface area contributed by atoms with Crippen molar-refractivity contribution in [3.8, 4) is 5.75 Å². The monoisotopic (exact) mass is 257 g/mol. The van der Waals surface area contributed by atoms with Crippen molar-refractivity contribution in [2.45, 2.75) is 5.33 Å². The highest BCUT2D eigenvalue weighted by atomic mass is 79.9. The number of hydrogen-bond donors (Lipinski definition) is 2. The summed E-state index contributed by atoms with van der Waals surface area (Å²) in [5, 5.41) is 11.2. The predicted octanol–water partition coefficient (Wildman–Crippen LogP) is 3.08. The molecule has 0 aliphatic heterocycles. The van der Waals surface area contributed by atoms with Crippen LogP contribution in [-0.4, -0.2) is 5.11 Å². The number of benzene rings is 1. The Morgan fingerprint density at radius 3 is 2.85 bits per heavy atom. The van der Waals surface area contributed by atoms with Gasteiger partial charge in [0.1, 0.15) is 5.75 Å². The molecule has 0 unspecified atom stereocenters. The molecule has 3 N–H and O–H groups in total. The van der Waals surface area contributed by atoms with E-state index in [1.807, 2.05) is 18.2 Å². The summed E-state index contributed by atoms with van der Waals surface area (Å²) in [4.78, 5) is 0.924. The first kappa shape index (κ1) is 8.84. The molecule has 0 radical (unpaired) electrons. The molecule has 1 aromatic heterocycles. The van der Waals surface area contributed by atoms with E-state index in [1.165, 1.54) is 11.3 Å². The molecule has 2 rings (SSSR count). The van der Waals surface area contributed by atoms with Crippen LogP contribution in [0.25, 0.3) is 10.1 Å². The molecule has 0 amide bonds. The molecule has 0 fully saturated rings.